The molecule has 0 unspecified atom stereocenters. The summed E-state index contributed by atoms with van der Waals surface area (Å²) in [6.45, 7) is 10.5. The molecule has 0 aliphatic rings. The van der Waals surface area contributed by atoms with Gasteiger partial charge in [0, 0.05) is 0 Å². The Morgan fingerprint density at radius 3 is 2.61 bits per heavy atom. The number of hydrogen-bond donors (Lipinski definition) is 0. The molecule has 5 heteroatoms. The van der Waals surface area contributed by atoms with E-state index < -0.39 is 0 Å². The molecular formula is C23H28N2O3. The van der Waals surface area contributed by atoms with Gasteiger partial charge >= 0.3 is 0 Å². The lowest BCUT2D eigenvalue weighted by molar-refractivity contribution is 0.0932. The lowest BCUT2D eigenvalue weighted by Gasteiger charge is -2.23. The second-order valence-corrected chi connectivity index (χ2v) is 7.97. The molecule has 0 N–H and O–H groups in total. The van der Waals surface area contributed by atoms with Crippen LogP contribution in [0.4, 0.5) is 0 Å². The lowest BCUT2D eigenvalue weighted by Crippen LogP contribution is -2.23. The molecule has 0 spiro atoms. The fourth-order valence-corrected chi connectivity index (χ4v) is 3.10. The molecule has 0 amide bonds. The summed E-state index contributed by atoms with van der Waals surface area (Å²) >= 11 is 0. The van der Waals surface area contributed by atoms with Crippen LogP contribution < -0.4 is 10.3 Å². The molecule has 3 aromatic rings. The van der Waals surface area contributed by atoms with Crippen molar-refractivity contribution in [3.63, 3.8) is 0 Å². The molecule has 0 saturated heterocycles. The highest BCUT2D eigenvalue weighted by atomic mass is 16.5. The van der Waals surface area contributed by atoms with Crippen molar-refractivity contribution in [2.24, 2.45) is 0 Å². The smallest absolute Gasteiger partial charge is 0.261 e. The molecule has 0 fully saturated rings. The highest BCUT2D eigenvalue weighted by molar-refractivity contribution is 5.76. The number of ether oxygens (including phenoxy) is 2. The van der Waals surface area contributed by atoms with Gasteiger partial charge in [0.1, 0.15) is 12.4 Å². The van der Waals surface area contributed by atoms with Gasteiger partial charge in [-0.15, -0.1) is 0 Å². The molecule has 1 heterocycles. The first kappa shape index (κ1) is 20.1. The van der Waals surface area contributed by atoms with E-state index in [0.29, 0.717) is 37.3 Å². The molecule has 0 aliphatic heterocycles. The Balaban J connectivity index is 1.50. The van der Waals surface area contributed by atoms with Crippen molar-refractivity contribution in [1.82, 2.24) is 9.55 Å². The normalized spacial score (nSPS) is 11.7. The van der Waals surface area contributed by atoms with E-state index in [0.717, 1.165) is 5.75 Å². The van der Waals surface area contributed by atoms with E-state index >= 15 is 0 Å². The van der Waals surface area contributed by atoms with Crippen LogP contribution in [0.1, 0.15) is 31.9 Å². The Hall–Kier alpha value is -2.66. The summed E-state index contributed by atoms with van der Waals surface area (Å²) in [4.78, 5) is 16.8. The van der Waals surface area contributed by atoms with E-state index in [1.807, 2.05) is 24.3 Å². The molecule has 0 aliphatic carbocycles. The third kappa shape index (κ3) is 4.78. The van der Waals surface area contributed by atoms with Crippen molar-refractivity contribution in [1.29, 1.82) is 0 Å². The van der Waals surface area contributed by atoms with Crippen LogP contribution in [0.2, 0.25) is 0 Å². The number of aromatic nitrogens is 2. The maximum atomic E-state index is 12.4. The molecule has 0 radical (unpaired) electrons. The predicted octanol–water partition coefficient (Wildman–Crippen LogP) is 4.10. The Morgan fingerprint density at radius 2 is 1.82 bits per heavy atom. The van der Waals surface area contributed by atoms with E-state index in [9.17, 15) is 4.79 Å². The van der Waals surface area contributed by atoms with Gasteiger partial charge in [0.15, 0.2) is 0 Å². The number of benzene rings is 2. The summed E-state index contributed by atoms with van der Waals surface area (Å²) in [6, 6.07) is 13.6. The average molecular weight is 380 g/mol. The zero-order chi connectivity index (χ0) is 20.1. The van der Waals surface area contributed by atoms with E-state index in [2.05, 4.69) is 44.8 Å². The standard InChI is InChI=1S/C23H28N2O3/c1-17-9-10-21(19(15-17)23(2,3)4)28-14-13-27-12-11-25-16-24-20-8-6-5-7-18(20)22(25)26/h5-10,15-16H,11-14H2,1-4H3. The van der Waals surface area contributed by atoms with Gasteiger partial charge < -0.3 is 9.47 Å². The predicted molar refractivity (Wildman–Crippen MR) is 112 cm³/mol. The number of hydrogen-bond acceptors (Lipinski definition) is 4. The van der Waals surface area contributed by atoms with Gasteiger partial charge in [0.2, 0.25) is 0 Å². The van der Waals surface area contributed by atoms with Crippen molar-refractivity contribution in [2.75, 3.05) is 19.8 Å². The fraction of sp³-hybridized carbons (Fsp3) is 0.391. The van der Waals surface area contributed by atoms with Crippen LogP contribution in [0.25, 0.3) is 10.9 Å². The van der Waals surface area contributed by atoms with Crippen molar-refractivity contribution < 1.29 is 9.47 Å². The van der Waals surface area contributed by atoms with Crippen LogP contribution in [0.15, 0.2) is 53.6 Å². The van der Waals surface area contributed by atoms with Gasteiger partial charge in [-0.2, -0.15) is 0 Å². The largest absolute Gasteiger partial charge is 0.491 e. The summed E-state index contributed by atoms with van der Waals surface area (Å²) in [6.07, 6.45) is 1.58. The van der Waals surface area contributed by atoms with E-state index in [4.69, 9.17) is 9.47 Å². The Bertz CT molecular complexity index is 1000. The van der Waals surface area contributed by atoms with Gasteiger partial charge in [0.05, 0.1) is 37.0 Å². The van der Waals surface area contributed by atoms with Gasteiger partial charge in [-0.25, -0.2) is 4.98 Å². The maximum absolute atomic E-state index is 12.4. The zero-order valence-electron chi connectivity index (χ0n) is 17.1. The molecule has 148 valence electrons. The van der Waals surface area contributed by atoms with Crippen molar-refractivity contribution >= 4 is 10.9 Å². The number of aryl methyl sites for hydroxylation is 1. The van der Waals surface area contributed by atoms with E-state index in [1.165, 1.54) is 11.1 Å². The van der Waals surface area contributed by atoms with Gasteiger partial charge in [-0.05, 0) is 36.1 Å². The molecule has 1 aromatic heterocycles. The van der Waals surface area contributed by atoms with Crippen molar-refractivity contribution in [2.45, 2.75) is 39.7 Å². The van der Waals surface area contributed by atoms with Crippen LogP contribution in [0, 0.1) is 6.92 Å². The number of para-hydroxylation sites is 1. The first-order valence-electron chi connectivity index (χ1n) is 9.62. The van der Waals surface area contributed by atoms with Gasteiger partial charge in [-0.3, -0.25) is 9.36 Å². The fourth-order valence-electron chi connectivity index (χ4n) is 3.10. The van der Waals surface area contributed by atoms with Crippen LogP contribution in [-0.2, 0) is 16.7 Å². The second kappa shape index (κ2) is 8.57. The van der Waals surface area contributed by atoms with Crippen molar-refractivity contribution in [3.8, 4) is 5.75 Å². The van der Waals surface area contributed by atoms with E-state index in [1.54, 1.807) is 17.0 Å². The van der Waals surface area contributed by atoms with Crippen LogP contribution in [0.3, 0.4) is 0 Å². The molecule has 5 nitrogen and oxygen atoms in total. The quantitative estimate of drug-likeness (QED) is 0.579. The zero-order valence-corrected chi connectivity index (χ0v) is 17.1. The monoisotopic (exact) mass is 380 g/mol. The molecular weight excluding hydrogens is 352 g/mol. The van der Waals surface area contributed by atoms with Crippen molar-refractivity contribution in [3.05, 3.63) is 70.3 Å². The summed E-state index contributed by atoms with van der Waals surface area (Å²) in [5, 5.41) is 0.627. The maximum Gasteiger partial charge on any atom is 0.261 e. The number of nitrogens with zero attached hydrogens (tertiary/aromatic N) is 2. The first-order valence-corrected chi connectivity index (χ1v) is 9.62. The third-order valence-electron chi connectivity index (χ3n) is 4.64. The topological polar surface area (TPSA) is 53.4 Å². The Morgan fingerprint density at radius 1 is 1.04 bits per heavy atom. The van der Waals surface area contributed by atoms with E-state index in [-0.39, 0.29) is 11.0 Å². The minimum atomic E-state index is -0.0417. The average Bonchev–Trinajstić information content (AvgIpc) is 2.66. The summed E-state index contributed by atoms with van der Waals surface area (Å²) < 4.78 is 13.2. The Kier molecular flexibility index (Phi) is 6.15. The minimum Gasteiger partial charge on any atom is -0.491 e. The lowest BCUT2D eigenvalue weighted by atomic mass is 9.85. The minimum absolute atomic E-state index is 0.0203. The summed E-state index contributed by atoms with van der Waals surface area (Å²) in [5.74, 6) is 0.900. The second-order valence-electron chi connectivity index (χ2n) is 7.97. The van der Waals surface area contributed by atoms with Crippen LogP contribution in [-0.4, -0.2) is 29.4 Å². The van der Waals surface area contributed by atoms with Crippen LogP contribution in [0.5, 0.6) is 5.75 Å². The SMILES string of the molecule is Cc1ccc(OCCOCCn2cnc3ccccc3c2=O)c(C(C)(C)C)c1. The molecule has 0 bridgehead atoms. The van der Waals surface area contributed by atoms with Gasteiger partial charge in [0.25, 0.3) is 5.56 Å². The first-order chi connectivity index (χ1) is 13.4. The molecule has 0 atom stereocenters. The molecule has 28 heavy (non-hydrogen) atoms. The highest BCUT2D eigenvalue weighted by Gasteiger charge is 2.19. The summed E-state index contributed by atoms with van der Waals surface area (Å²) in [7, 11) is 0. The Labute approximate surface area is 165 Å². The highest BCUT2D eigenvalue weighted by Crippen LogP contribution is 2.32. The molecule has 0 saturated carbocycles. The molecule has 3 rings (SSSR count). The number of rotatable bonds is 7. The number of fused-ring (bicyclic) bond motifs is 1. The third-order valence-corrected chi connectivity index (χ3v) is 4.64. The van der Waals surface area contributed by atoms with Gasteiger partial charge in [-0.1, -0.05) is 50.6 Å². The summed E-state index contributed by atoms with van der Waals surface area (Å²) in [5.41, 5.74) is 3.11. The van der Waals surface area contributed by atoms with Crippen LogP contribution >= 0.6 is 0 Å². The molecule has 2 aromatic carbocycles.